The highest BCUT2D eigenvalue weighted by Gasteiger charge is 2.30. The Morgan fingerprint density at radius 3 is 2.16 bits per heavy atom. The fraction of sp³-hybridized carbons (Fsp3) is 0.414. The minimum Gasteiger partial charge on any atom is -0.489 e. The predicted molar refractivity (Wildman–Crippen MR) is 132 cm³/mol. The summed E-state index contributed by atoms with van der Waals surface area (Å²) in [4.78, 5) is 15.5. The first-order chi connectivity index (χ1) is 15.4. The third-order valence-electron chi connectivity index (χ3n) is 6.02. The van der Waals surface area contributed by atoms with Crippen LogP contribution in [0.4, 0.5) is 0 Å². The molecule has 2 aromatic rings. The fourth-order valence-electron chi connectivity index (χ4n) is 4.58. The van der Waals surface area contributed by atoms with Gasteiger partial charge in [0.25, 0.3) is 0 Å². The number of hydrogen-bond donors (Lipinski definition) is 0. The highest BCUT2D eigenvalue weighted by atomic mass is 16.5. The second kappa shape index (κ2) is 11.2. The molecule has 3 nitrogen and oxygen atoms in total. The molecule has 1 aliphatic carbocycles. The van der Waals surface area contributed by atoms with E-state index in [4.69, 9.17) is 4.74 Å². The molecule has 0 aromatic heterocycles. The molecule has 0 saturated carbocycles. The van der Waals surface area contributed by atoms with Gasteiger partial charge < -0.3 is 9.64 Å². The third kappa shape index (κ3) is 6.12. The van der Waals surface area contributed by atoms with Gasteiger partial charge in [0.1, 0.15) is 12.4 Å². The van der Waals surface area contributed by atoms with Crippen LogP contribution in [0.2, 0.25) is 0 Å². The summed E-state index contributed by atoms with van der Waals surface area (Å²) >= 11 is 0. The average Bonchev–Trinajstić information content (AvgIpc) is 2.77. The molecule has 0 fully saturated rings. The van der Waals surface area contributed by atoms with Crippen molar-refractivity contribution < 1.29 is 9.53 Å². The van der Waals surface area contributed by atoms with Crippen molar-refractivity contribution >= 4 is 5.91 Å². The van der Waals surface area contributed by atoms with Crippen LogP contribution in [0.1, 0.15) is 64.5 Å². The van der Waals surface area contributed by atoms with Gasteiger partial charge in [-0.3, -0.25) is 4.79 Å². The Hall–Kier alpha value is -2.81. The van der Waals surface area contributed by atoms with E-state index >= 15 is 0 Å². The number of allylic oxidation sites excluding steroid dienone is 3. The minimum absolute atomic E-state index is 0.0338. The summed E-state index contributed by atoms with van der Waals surface area (Å²) < 4.78 is 6.34. The lowest BCUT2D eigenvalue weighted by Crippen LogP contribution is -2.42. The van der Waals surface area contributed by atoms with Crippen LogP contribution in [-0.4, -0.2) is 22.9 Å². The Kier molecular flexibility index (Phi) is 8.33. The van der Waals surface area contributed by atoms with Crippen molar-refractivity contribution in [2.24, 2.45) is 5.92 Å². The van der Waals surface area contributed by atoms with E-state index in [1.807, 2.05) is 29.2 Å². The summed E-state index contributed by atoms with van der Waals surface area (Å²) in [5.74, 6) is 1.48. The molecule has 0 spiro atoms. The highest BCUT2D eigenvalue weighted by Crippen LogP contribution is 2.38. The molecule has 0 heterocycles. The van der Waals surface area contributed by atoms with Crippen molar-refractivity contribution in [1.29, 1.82) is 0 Å². The van der Waals surface area contributed by atoms with E-state index in [1.54, 1.807) is 0 Å². The summed E-state index contributed by atoms with van der Waals surface area (Å²) in [5.41, 5.74) is 3.43. The minimum atomic E-state index is -0.0338. The molecule has 0 bridgehead atoms. The molecule has 0 aliphatic heterocycles. The van der Waals surface area contributed by atoms with Gasteiger partial charge in [-0.2, -0.15) is 0 Å². The summed E-state index contributed by atoms with van der Waals surface area (Å²) in [6.07, 6.45) is 5.89. The topological polar surface area (TPSA) is 29.5 Å². The summed E-state index contributed by atoms with van der Waals surface area (Å²) in [5, 5.41) is 0. The summed E-state index contributed by atoms with van der Waals surface area (Å²) in [7, 11) is 0. The zero-order valence-electron chi connectivity index (χ0n) is 20.1. The lowest BCUT2D eigenvalue weighted by atomic mass is 9.82. The Bertz CT molecular complexity index is 920. The molecular weight excluding hydrogens is 394 g/mol. The van der Waals surface area contributed by atoms with Crippen LogP contribution < -0.4 is 0 Å². The van der Waals surface area contributed by atoms with E-state index in [0.717, 1.165) is 28.9 Å². The maximum Gasteiger partial charge on any atom is 0.223 e. The fourth-order valence-corrected chi connectivity index (χ4v) is 4.58. The van der Waals surface area contributed by atoms with Crippen LogP contribution in [0, 0.1) is 5.92 Å². The predicted octanol–water partition coefficient (Wildman–Crippen LogP) is 6.87. The van der Waals surface area contributed by atoms with Gasteiger partial charge in [0, 0.05) is 24.4 Å². The normalized spacial score (nSPS) is 17.0. The molecule has 32 heavy (non-hydrogen) atoms. The van der Waals surface area contributed by atoms with Gasteiger partial charge >= 0.3 is 0 Å². The van der Waals surface area contributed by atoms with Crippen molar-refractivity contribution in [3.05, 3.63) is 95.3 Å². The van der Waals surface area contributed by atoms with Crippen LogP contribution >= 0.6 is 0 Å². The largest absolute Gasteiger partial charge is 0.489 e. The number of nitrogens with zero attached hydrogens (tertiary/aromatic N) is 1. The van der Waals surface area contributed by atoms with Crippen molar-refractivity contribution in [3.8, 4) is 0 Å². The van der Waals surface area contributed by atoms with E-state index in [9.17, 15) is 4.79 Å². The van der Waals surface area contributed by atoms with Crippen LogP contribution in [0.5, 0.6) is 0 Å². The second-order valence-corrected chi connectivity index (χ2v) is 9.33. The number of rotatable bonds is 9. The molecule has 3 heteroatoms. The standard InChI is InChI=1S/C29H37NO2/c1-21(2)30(22(3)4)29(31)19-26(25-14-10-7-11-15-25)27-18-23(5)16-17-28(27)32-20-24-12-8-6-9-13-24/h6-15,17-18,21-23,26H,16,19-20H2,1-5H3. The molecule has 170 valence electrons. The maximum absolute atomic E-state index is 13.5. The molecular formula is C29H37NO2. The maximum atomic E-state index is 13.5. The molecule has 0 N–H and O–H groups in total. The Labute approximate surface area is 193 Å². The SMILES string of the molecule is CC1C=C(C(CC(=O)N(C(C)C)C(C)C)c2ccccc2)C(OCc2ccccc2)=CC1. The van der Waals surface area contributed by atoms with Gasteiger partial charge in [-0.05, 0) is 62.8 Å². The zero-order chi connectivity index (χ0) is 23.1. The molecule has 1 amide bonds. The number of hydrogen-bond acceptors (Lipinski definition) is 2. The average molecular weight is 432 g/mol. The summed E-state index contributed by atoms with van der Waals surface area (Å²) in [6, 6.07) is 21.0. The van der Waals surface area contributed by atoms with Gasteiger partial charge in [0.2, 0.25) is 5.91 Å². The van der Waals surface area contributed by atoms with Gasteiger partial charge in [-0.15, -0.1) is 0 Å². The van der Waals surface area contributed by atoms with E-state index in [1.165, 1.54) is 0 Å². The number of ether oxygens (including phenoxy) is 1. The molecule has 0 radical (unpaired) electrons. The lowest BCUT2D eigenvalue weighted by molar-refractivity contribution is -0.135. The third-order valence-corrected chi connectivity index (χ3v) is 6.02. The first kappa shape index (κ1) is 23.8. The van der Waals surface area contributed by atoms with Crippen LogP contribution in [0.3, 0.4) is 0 Å². The summed E-state index contributed by atoms with van der Waals surface area (Å²) in [6.45, 7) is 11.1. The number of carbonyl (C=O) groups excluding carboxylic acids is 1. The molecule has 2 unspecified atom stereocenters. The van der Waals surface area contributed by atoms with Gasteiger partial charge in [0.15, 0.2) is 0 Å². The van der Waals surface area contributed by atoms with Crippen molar-refractivity contribution in [2.75, 3.05) is 0 Å². The van der Waals surface area contributed by atoms with Gasteiger partial charge in [-0.1, -0.05) is 73.7 Å². The molecule has 2 aromatic carbocycles. The highest BCUT2D eigenvalue weighted by molar-refractivity contribution is 5.78. The van der Waals surface area contributed by atoms with Crippen molar-refractivity contribution in [3.63, 3.8) is 0 Å². The Balaban J connectivity index is 1.91. The van der Waals surface area contributed by atoms with Crippen LogP contribution in [-0.2, 0) is 16.1 Å². The van der Waals surface area contributed by atoms with Crippen LogP contribution in [0.25, 0.3) is 0 Å². The second-order valence-electron chi connectivity index (χ2n) is 9.33. The number of benzene rings is 2. The number of amides is 1. The van der Waals surface area contributed by atoms with E-state index < -0.39 is 0 Å². The smallest absolute Gasteiger partial charge is 0.223 e. The molecule has 0 saturated heterocycles. The Morgan fingerprint density at radius 1 is 0.969 bits per heavy atom. The molecule has 3 rings (SSSR count). The van der Waals surface area contributed by atoms with E-state index in [2.05, 4.69) is 83.2 Å². The lowest BCUT2D eigenvalue weighted by Gasteiger charge is -2.34. The first-order valence-corrected chi connectivity index (χ1v) is 11.8. The van der Waals surface area contributed by atoms with Crippen molar-refractivity contribution in [2.45, 2.75) is 72.1 Å². The van der Waals surface area contributed by atoms with Gasteiger partial charge in [0.05, 0.1) is 0 Å². The first-order valence-electron chi connectivity index (χ1n) is 11.8. The number of carbonyl (C=O) groups is 1. The molecule has 2 atom stereocenters. The van der Waals surface area contributed by atoms with E-state index in [0.29, 0.717) is 18.9 Å². The zero-order valence-corrected chi connectivity index (χ0v) is 20.1. The van der Waals surface area contributed by atoms with E-state index in [-0.39, 0.29) is 23.9 Å². The van der Waals surface area contributed by atoms with Crippen LogP contribution in [0.15, 0.2) is 84.1 Å². The van der Waals surface area contributed by atoms with Gasteiger partial charge in [-0.25, -0.2) is 0 Å². The quantitative estimate of drug-likeness (QED) is 0.433. The Morgan fingerprint density at radius 2 is 1.56 bits per heavy atom. The molecule has 1 aliphatic rings. The van der Waals surface area contributed by atoms with Crippen molar-refractivity contribution in [1.82, 2.24) is 4.90 Å². The monoisotopic (exact) mass is 431 g/mol.